The lowest BCUT2D eigenvalue weighted by Gasteiger charge is -2.34. The highest BCUT2D eigenvalue weighted by molar-refractivity contribution is 4.78. The van der Waals surface area contributed by atoms with Crippen LogP contribution in [0.4, 0.5) is 0 Å². The van der Waals surface area contributed by atoms with E-state index < -0.39 is 0 Å². The van der Waals surface area contributed by atoms with Crippen molar-refractivity contribution in [1.29, 1.82) is 0 Å². The molecule has 0 nitrogen and oxygen atoms in total. The topological polar surface area (TPSA) is 0 Å². The molecule has 0 heteroatoms. The van der Waals surface area contributed by atoms with E-state index in [0.29, 0.717) is 5.41 Å². The van der Waals surface area contributed by atoms with E-state index in [0.717, 1.165) is 17.8 Å². The fraction of sp³-hybridized carbons (Fsp3) is 1.00. The predicted octanol–water partition coefficient (Wildman–Crippen LogP) is 6.45. The third-order valence-corrected chi connectivity index (χ3v) is 4.94. The van der Waals surface area contributed by atoms with E-state index in [4.69, 9.17) is 0 Å². The van der Waals surface area contributed by atoms with Crippen LogP contribution in [0.1, 0.15) is 92.4 Å². The molecular weight excluding hydrogens is 216 g/mol. The van der Waals surface area contributed by atoms with Crippen LogP contribution in [0.2, 0.25) is 0 Å². The molecule has 108 valence electrons. The maximum Gasteiger partial charge on any atom is -0.0383 e. The molecule has 0 heterocycles. The molecule has 0 aromatic rings. The highest BCUT2D eigenvalue weighted by atomic mass is 14.3. The Morgan fingerprint density at radius 2 is 1.89 bits per heavy atom. The first-order chi connectivity index (χ1) is 8.42. The largest absolute Gasteiger partial charge is 0.0654 e. The van der Waals surface area contributed by atoms with E-state index in [9.17, 15) is 0 Å². The quantitative estimate of drug-likeness (QED) is 0.510. The summed E-state index contributed by atoms with van der Waals surface area (Å²) in [5, 5.41) is 0. The second kappa shape index (κ2) is 7.56. The van der Waals surface area contributed by atoms with Crippen molar-refractivity contribution in [2.24, 2.45) is 23.2 Å². The fourth-order valence-electron chi connectivity index (χ4n) is 3.50. The molecule has 0 aromatic heterocycles. The van der Waals surface area contributed by atoms with Gasteiger partial charge < -0.3 is 0 Å². The molecule has 3 atom stereocenters. The molecule has 0 amide bonds. The van der Waals surface area contributed by atoms with E-state index in [2.05, 4.69) is 34.6 Å². The molecule has 0 saturated heterocycles. The van der Waals surface area contributed by atoms with Gasteiger partial charge in [0.05, 0.1) is 0 Å². The van der Waals surface area contributed by atoms with Crippen molar-refractivity contribution >= 4 is 0 Å². The fourth-order valence-corrected chi connectivity index (χ4v) is 3.50. The molecule has 1 aliphatic rings. The van der Waals surface area contributed by atoms with E-state index in [1.165, 1.54) is 57.8 Å². The molecule has 0 N–H and O–H groups in total. The lowest BCUT2D eigenvalue weighted by atomic mass is 9.72. The van der Waals surface area contributed by atoms with Crippen molar-refractivity contribution in [1.82, 2.24) is 0 Å². The van der Waals surface area contributed by atoms with Gasteiger partial charge in [0, 0.05) is 0 Å². The molecule has 0 bridgehead atoms. The highest BCUT2D eigenvalue weighted by Gasteiger charge is 2.26. The maximum atomic E-state index is 2.51. The van der Waals surface area contributed by atoms with Crippen LogP contribution in [-0.2, 0) is 0 Å². The minimum atomic E-state index is 0.518. The van der Waals surface area contributed by atoms with Crippen LogP contribution < -0.4 is 0 Å². The van der Waals surface area contributed by atoms with Crippen LogP contribution in [0.3, 0.4) is 0 Å². The van der Waals surface area contributed by atoms with Crippen molar-refractivity contribution in [2.75, 3.05) is 0 Å². The van der Waals surface area contributed by atoms with Gasteiger partial charge in [-0.05, 0) is 42.4 Å². The van der Waals surface area contributed by atoms with Crippen LogP contribution in [-0.4, -0.2) is 0 Å². The molecule has 0 aromatic carbocycles. The Balaban J connectivity index is 2.31. The summed E-state index contributed by atoms with van der Waals surface area (Å²) in [7, 11) is 0. The lowest BCUT2D eigenvalue weighted by molar-refractivity contribution is 0.175. The number of hydrogen-bond donors (Lipinski definition) is 0. The monoisotopic (exact) mass is 252 g/mol. The molecule has 1 aliphatic carbocycles. The minimum Gasteiger partial charge on any atom is -0.0654 e. The Morgan fingerprint density at radius 3 is 2.50 bits per heavy atom. The molecule has 0 spiro atoms. The summed E-state index contributed by atoms with van der Waals surface area (Å²) in [6.45, 7) is 12.0. The van der Waals surface area contributed by atoms with E-state index in [1.54, 1.807) is 0 Å². The number of rotatable bonds is 6. The van der Waals surface area contributed by atoms with Gasteiger partial charge in [0.1, 0.15) is 0 Å². The van der Waals surface area contributed by atoms with Crippen molar-refractivity contribution < 1.29 is 0 Å². The molecule has 0 radical (unpaired) electrons. The zero-order chi connectivity index (χ0) is 13.6. The van der Waals surface area contributed by atoms with E-state index >= 15 is 0 Å². The lowest BCUT2D eigenvalue weighted by Crippen LogP contribution is -2.22. The van der Waals surface area contributed by atoms with Gasteiger partial charge in [-0.25, -0.2) is 0 Å². The van der Waals surface area contributed by atoms with Crippen molar-refractivity contribution in [2.45, 2.75) is 92.4 Å². The van der Waals surface area contributed by atoms with Gasteiger partial charge in [-0.1, -0.05) is 73.1 Å². The number of hydrogen-bond acceptors (Lipinski definition) is 0. The summed E-state index contributed by atoms with van der Waals surface area (Å²) in [5.74, 6) is 3.04. The molecular formula is C18H36. The van der Waals surface area contributed by atoms with Crippen LogP contribution in [0.25, 0.3) is 0 Å². The third kappa shape index (κ3) is 6.25. The third-order valence-electron chi connectivity index (χ3n) is 4.94. The smallest absolute Gasteiger partial charge is 0.0383 e. The maximum absolute atomic E-state index is 2.51. The Morgan fingerprint density at radius 1 is 1.17 bits per heavy atom. The average molecular weight is 252 g/mol. The normalized spacial score (nSPS) is 27.2. The average Bonchev–Trinajstić information content (AvgIpc) is 2.33. The van der Waals surface area contributed by atoms with Crippen LogP contribution >= 0.6 is 0 Å². The first-order valence-corrected chi connectivity index (χ1v) is 8.42. The van der Waals surface area contributed by atoms with Crippen LogP contribution in [0.15, 0.2) is 0 Å². The Labute approximate surface area is 116 Å². The SMILES string of the molecule is CCCCC1CCCC(C(C)CCC(C)(C)C)C1. The van der Waals surface area contributed by atoms with E-state index in [-0.39, 0.29) is 0 Å². The summed E-state index contributed by atoms with van der Waals surface area (Å²) in [4.78, 5) is 0. The zero-order valence-corrected chi connectivity index (χ0v) is 13.6. The Kier molecular flexibility index (Phi) is 6.74. The highest BCUT2D eigenvalue weighted by Crippen LogP contribution is 2.38. The Hall–Kier alpha value is 0. The molecule has 3 unspecified atom stereocenters. The first-order valence-electron chi connectivity index (χ1n) is 8.42. The van der Waals surface area contributed by atoms with Gasteiger partial charge in [-0.15, -0.1) is 0 Å². The van der Waals surface area contributed by atoms with Crippen LogP contribution in [0, 0.1) is 23.2 Å². The molecule has 18 heavy (non-hydrogen) atoms. The summed E-state index contributed by atoms with van der Waals surface area (Å²) in [6, 6.07) is 0. The van der Waals surface area contributed by atoms with Gasteiger partial charge in [0.2, 0.25) is 0 Å². The summed E-state index contributed by atoms with van der Waals surface area (Å²) < 4.78 is 0. The van der Waals surface area contributed by atoms with Gasteiger partial charge in [0.25, 0.3) is 0 Å². The number of unbranched alkanes of at least 4 members (excludes halogenated alkanes) is 1. The molecule has 1 fully saturated rings. The molecule has 1 saturated carbocycles. The second-order valence-electron chi connectivity index (χ2n) is 8.01. The van der Waals surface area contributed by atoms with Crippen LogP contribution in [0.5, 0.6) is 0 Å². The molecule has 0 aliphatic heterocycles. The van der Waals surface area contributed by atoms with Crippen molar-refractivity contribution in [3.63, 3.8) is 0 Å². The Bertz CT molecular complexity index is 211. The molecule has 1 rings (SSSR count). The van der Waals surface area contributed by atoms with Gasteiger partial charge in [0.15, 0.2) is 0 Å². The summed E-state index contributed by atoms with van der Waals surface area (Å²) in [6.07, 6.45) is 13.2. The minimum absolute atomic E-state index is 0.518. The van der Waals surface area contributed by atoms with Gasteiger partial charge in [-0.3, -0.25) is 0 Å². The van der Waals surface area contributed by atoms with E-state index in [1.807, 2.05) is 0 Å². The van der Waals surface area contributed by atoms with Gasteiger partial charge >= 0.3 is 0 Å². The first kappa shape index (κ1) is 16.1. The second-order valence-corrected chi connectivity index (χ2v) is 8.01. The van der Waals surface area contributed by atoms with Crippen molar-refractivity contribution in [3.05, 3.63) is 0 Å². The predicted molar refractivity (Wildman–Crippen MR) is 82.8 cm³/mol. The van der Waals surface area contributed by atoms with Crippen molar-refractivity contribution in [3.8, 4) is 0 Å². The standard InChI is InChI=1S/C18H36/c1-6-7-9-16-10-8-11-17(14-16)15(2)12-13-18(3,4)5/h15-17H,6-14H2,1-5H3. The summed E-state index contributed by atoms with van der Waals surface area (Å²) >= 11 is 0. The summed E-state index contributed by atoms with van der Waals surface area (Å²) in [5.41, 5.74) is 0.518. The zero-order valence-electron chi connectivity index (χ0n) is 13.6. The van der Waals surface area contributed by atoms with Gasteiger partial charge in [-0.2, -0.15) is 0 Å².